The zero-order chi connectivity index (χ0) is 19.0. The van der Waals surface area contributed by atoms with Gasteiger partial charge in [0.15, 0.2) is 0 Å². The van der Waals surface area contributed by atoms with Crippen LogP contribution in [0.15, 0.2) is 24.3 Å². The maximum atomic E-state index is 12.9. The Morgan fingerprint density at radius 2 is 1.48 bits per heavy atom. The molecule has 0 unspecified atom stereocenters. The molecule has 27 heavy (non-hydrogen) atoms. The number of fused-ring (bicyclic) bond motifs is 1. The van der Waals surface area contributed by atoms with E-state index in [1.807, 2.05) is 36.2 Å². The van der Waals surface area contributed by atoms with Gasteiger partial charge in [0.25, 0.3) is 10.2 Å². The molecule has 0 bridgehead atoms. The number of hydrogen-bond donors (Lipinski definition) is 1. The molecule has 0 radical (unpaired) electrons. The van der Waals surface area contributed by atoms with Gasteiger partial charge in [-0.25, -0.2) is 4.98 Å². The lowest BCUT2D eigenvalue weighted by Gasteiger charge is -2.39. The molecule has 146 valence electrons. The van der Waals surface area contributed by atoms with Crippen molar-refractivity contribution in [3.8, 4) is 0 Å². The maximum absolute atomic E-state index is 12.9. The largest absolute Gasteiger partial charge is 0.383 e. The molecular formula is C17H25N7O2S. The van der Waals surface area contributed by atoms with Crippen molar-refractivity contribution < 1.29 is 8.42 Å². The summed E-state index contributed by atoms with van der Waals surface area (Å²) in [6.07, 6.45) is 0. The molecule has 0 saturated carbocycles. The van der Waals surface area contributed by atoms with Crippen molar-refractivity contribution >= 4 is 32.9 Å². The second-order valence-electron chi connectivity index (χ2n) is 7.02. The van der Waals surface area contributed by atoms with Crippen LogP contribution in [0.5, 0.6) is 0 Å². The van der Waals surface area contributed by atoms with E-state index in [0.29, 0.717) is 51.0 Å². The molecular weight excluding hydrogens is 366 g/mol. The van der Waals surface area contributed by atoms with Gasteiger partial charge in [-0.1, -0.05) is 12.1 Å². The first-order valence-electron chi connectivity index (χ1n) is 9.16. The monoisotopic (exact) mass is 391 g/mol. The Hall–Kier alpha value is -2.01. The molecule has 3 heterocycles. The molecule has 2 N–H and O–H groups in total. The molecule has 0 spiro atoms. The molecule has 0 amide bonds. The zero-order valence-electron chi connectivity index (χ0n) is 15.5. The van der Waals surface area contributed by atoms with Crippen LogP contribution in [0.2, 0.25) is 0 Å². The summed E-state index contributed by atoms with van der Waals surface area (Å²) in [5.41, 5.74) is 6.87. The fourth-order valence-corrected chi connectivity index (χ4v) is 5.11. The minimum atomic E-state index is -3.41. The van der Waals surface area contributed by atoms with Gasteiger partial charge in [0.1, 0.15) is 5.82 Å². The number of aromatic nitrogens is 2. The first-order chi connectivity index (χ1) is 12.9. The minimum Gasteiger partial charge on any atom is -0.383 e. The topological polar surface area (TPSA) is 98.9 Å². The molecule has 2 aliphatic rings. The minimum absolute atomic E-state index is 0.421. The Balaban J connectivity index is 1.46. The Labute approximate surface area is 159 Å². The maximum Gasteiger partial charge on any atom is 0.282 e. The molecule has 2 aromatic rings. The van der Waals surface area contributed by atoms with Crippen LogP contribution in [0, 0.1) is 0 Å². The van der Waals surface area contributed by atoms with Crippen molar-refractivity contribution in [2.24, 2.45) is 0 Å². The third-order valence-corrected chi connectivity index (χ3v) is 7.29. The van der Waals surface area contributed by atoms with Crippen molar-refractivity contribution in [1.82, 2.24) is 23.5 Å². The van der Waals surface area contributed by atoms with Gasteiger partial charge < -0.3 is 15.5 Å². The van der Waals surface area contributed by atoms with Gasteiger partial charge in [0, 0.05) is 57.7 Å². The van der Waals surface area contributed by atoms with Crippen molar-refractivity contribution in [2.45, 2.75) is 0 Å². The van der Waals surface area contributed by atoms with Crippen LogP contribution in [-0.4, -0.2) is 91.3 Å². The van der Waals surface area contributed by atoms with E-state index in [2.05, 4.69) is 14.9 Å². The number of rotatable bonds is 3. The van der Waals surface area contributed by atoms with Gasteiger partial charge in [-0.15, -0.1) is 0 Å². The smallest absolute Gasteiger partial charge is 0.282 e. The highest BCUT2D eigenvalue weighted by Gasteiger charge is 2.34. The number of hydrogen-bond acceptors (Lipinski definition) is 7. The fraction of sp³-hybridized carbons (Fsp3) is 0.529. The fourth-order valence-electron chi connectivity index (χ4n) is 3.53. The zero-order valence-corrected chi connectivity index (χ0v) is 16.3. The number of benzene rings is 1. The van der Waals surface area contributed by atoms with Crippen LogP contribution < -0.4 is 10.6 Å². The van der Waals surface area contributed by atoms with E-state index >= 15 is 0 Å². The predicted molar refractivity (Wildman–Crippen MR) is 106 cm³/mol. The number of piperazine rings is 2. The Morgan fingerprint density at radius 3 is 2.15 bits per heavy atom. The lowest BCUT2D eigenvalue weighted by molar-refractivity contribution is 0.210. The molecule has 4 rings (SSSR count). The molecule has 1 aromatic carbocycles. The van der Waals surface area contributed by atoms with Crippen molar-refractivity contribution in [2.75, 3.05) is 70.0 Å². The highest BCUT2D eigenvalue weighted by molar-refractivity contribution is 7.86. The van der Waals surface area contributed by atoms with Crippen molar-refractivity contribution in [3.05, 3.63) is 24.3 Å². The van der Waals surface area contributed by atoms with E-state index in [1.165, 1.54) is 0 Å². The van der Waals surface area contributed by atoms with Gasteiger partial charge in [-0.3, -0.25) is 0 Å². The Morgan fingerprint density at radius 1 is 0.889 bits per heavy atom. The summed E-state index contributed by atoms with van der Waals surface area (Å²) in [4.78, 5) is 13.2. The quantitative estimate of drug-likeness (QED) is 0.775. The number of para-hydroxylation sites is 1. The van der Waals surface area contributed by atoms with Gasteiger partial charge in [0.2, 0.25) is 5.95 Å². The molecule has 2 fully saturated rings. The second-order valence-corrected chi connectivity index (χ2v) is 8.95. The van der Waals surface area contributed by atoms with Crippen molar-refractivity contribution in [1.29, 1.82) is 0 Å². The van der Waals surface area contributed by atoms with E-state index in [-0.39, 0.29) is 0 Å². The molecule has 0 aliphatic carbocycles. The Bertz CT molecular complexity index is 920. The average Bonchev–Trinajstić information content (AvgIpc) is 2.68. The molecule has 10 heteroatoms. The van der Waals surface area contributed by atoms with Crippen LogP contribution in [-0.2, 0) is 10.2 Å². The third kappa shape index (κ3) is 3.57. The molecule has 9 nitrogen and oxygen atoms in total. The lowest BCUT2D eigenvalue weighted by Crippen LogP contribution is -2.56. The van der Waals surface area contributed by atoms with Crippen LogP contribution in [0.25, 0.3) is 10.9 Å². The summed E-state index contributed by atoms with van der Waals surface area (Å²) >= 11 is 0. The van der Waals surface area contributed by atoms with Crippen LogP contribution >= 0.6 is 0 Å². The van der Waals surface area contributed by atoms with Gasteiger partial charge >= 0.3 is 0 Å². The number of anilines is 2. The normalized spacial score (nSPS) is 21.0. The van der Waals surface area contributed by atoms with E-state index in [9.17, 15) is 8.42 Å². The third-order valence-electron chi connectivity index (χ3n) is 5.26. The van der Waals surface area contributed by atoms with Gasteiger partial charge in [-0.05, 0) is 19.2 Å². The summed E-state index contributed by atoms with van der Waals surface area (Å²) < 4.78 is 28.9. The summed E-state index contributed by atoms with van der Waals surface area (Å²) in [6.45, 7) is 4.56. The first kappa shape index (κ1) is 18.4. The highest BCUT2D eigenvalue weighted by Crippen LogP contribution is 2.22. The lowest BCUT2D eigenvalue weighted by atomic mass is 10.2. The molecule has 1 aromatic heterocycles. The van der Waals surface area contributed by atoms with Crippen molar-refractivity contribution in [3.63, 3.8) is 0 Å². The number of likely N-dealkylation sites (N-methyl/N-ethyl adjacent to an activating group) is 1. The Kier molecular flexibility index (Phi) is 4.89. The summed E-state index contributed by atoms with van der Waals surface area (Å²) in [7, 11) is -1.40. The SMILES string of the molecule is CN1CCN(S(=O)(=O)N2CCN(c3nc(N)c4ccccc4n3)CC2)CC1. The standard InChI is InChI=1S/C17H25N7O2S/c1-21-6-10-23(11-7-21)27(25,26)24-12-8-22(9-13-24)17-19-15-5-3-2-4-14(15)16(18)20-17/h2-5H,6-13H2,1H3,(H2,18,19,20). The highest BCUT2D eigenvalue weighted by atomic mass is 32.2. The van der Waals surface area contributed by atoms with E-state index in [0.717, 1.165) is 24.0 Å². The van der Waals surface area contributed by atoms with Gasteiger partial charge in [0.05, 0.1) is 5.52 Å². The summed E-state index contributed by atoms with van der Waals surface area (Å²) in [5, 5.41) is 0.831. The second kappa shape index (κ2) is 7.19. The molecule has 2 saturated heterocycles. The summed E-state index contributed by atoms with van der Waals surface area (Å²) in [5.74, 6) is 1.01. The first-order valence-corrected chi connectivity index (χ1v) is 10.6. The number of nitrogen functional groups attached to an aromatic ring is 1. The molecule has 2 aliphatic heterocycles. The van der Waals surface area contributed by atoms with E-state index in [1.54, 1.807) is 8.61 Å². The van der Waals surface area contributed by atoms with E-state index < -0.39 is 10.2 Å². The predicted octanol–water partition coefficient (Wildman–Crippen LogP) is -0.174. The number of nitrogens with zero attached hydrogens (tertiary/aromatic N) is 6. The van der Waals surface area contributed by atoms with Gasteiger partial charge in [-0.2, -0.15) is 22.0 Å². The molecule has 0 atom stereocenters. The van der Waals surface area contributed by atoms with E-state index in [4.69, 9.17) is 5.73 Å². The summed E-state index contributed by atoms with van der Waals surface area (Å²) in [6, 6.07) is 7.63. The number of nitrogens with two attached hydrogens (primary N) is 1. The van der Waals surface area contributed by atoms with Crippen LogP contribution in [0.3, 0.4) is 0 Å². The van der Waals surface area contributed by atoms with Crippen LogP contribution in [0.1, 0.15) is 0 Å². The van der Waals surface area contributed by atoms with Crippen LogP contribution in [0.4, 0.5) is 11.8 Å². The average molecular weight is 392 g/mol.